The van der Waals surface area contributed by atoms with Crippen LogP contribution >= 0.6 is 11.3 Å². The Morgan fingerprint density at radius 2 is 1.90 bits per heavy atom. The topological polar surface area (TPSA) is 55.1 Å². The zero-order valence-corrected chi connectivity index (χ0v) is 12.7. The highest BCUT2D eigenvalue weighted by Crippen LogP contribution is 2.31. The monoisotopic (exact) mass is 288 g/mol. The highest BCUT2D eigenvalue weighted by atomic mass is 32.1. The molecule has 0 aliphatic heterocycles. The van der Waals surface area contributed by atoms with E-state index in [-0.39, 0.29) is 5.91 Å². The number of amides is 1. The molecule has 1 amide bonds. The van der Waals surface area contributed by atoms with Gasteiger partial charge in [-0.15, -0.1) is 11.3 Å². The summed E-state index contributed by atoms with van der Waals surface area (Å²) in [5.41, 5.74) is 7.19. The molecule has 106 valence electrons. The van der Waals surface area contributed by atoms with Crippen LogP contribution in [-0.4, -0.2) is 11.4 Å². The van der Waals surface area contributed by atoms with Gasteiger partial charge in [0, 0.05) is 16.1 Å². The molecule has 3 nitrogen and oxygen atoms in total. The minimum absolute atomic E-state index is 0.119. The number of hydrogen-bond acceptors (Lipinski definition) is 3. The molecule has 0 fully saturated rings. The second-order valence-electron chi connectivity index (χ2n) is 4.84. The van der Waals surface area contributed by atoms with E-state index >= 15 is 0 Å². The highest BCUT2D eigenvalue weighted by Gasteiger charge is 2.30. The summed E-state index contributed by atoms with van der Waals surface area (Å²) in [6.07, 6.45) is 1.24. The molecule has 0 saturated carbocycles. The third-order valence-corrected chi connectivity index (χ3v) is 4.58. The second-order valence-corrected chi connectivity index (χ2v) is 5.79. The van der Waals surface area contributed by atoms with Crippen LogP contribution in [0.15, 0.2) is 41.8 Å². The van der Waals surface area contributed by atoms with E-state index in [1.807, 2.05) is 55.6 Å². The van der Waals surface area contributed by atoms with Crippen LogP contribution in [0.3, 0.4) is 0 Å². The largest absolute Gasteiger partial charge is 0.324 e. The Kier molecular flexibility index (Phi) is 4.57. The van der Waals surface area contributed by atoms with Gasteiger partial charge >= 0.3 is 0 Å². The van der Waals surface area contributed by atoms with Crippen LogP contribution in [0.2, 0.25) is 0 Å². The molecule has 0 aliphatic carbocycles. The van der Waals surface area contributed by atoms with Gasteiger partial charge in [-0.25, -0.2) is 0 Å². The van der Waals surface area contributed by atoms with Crippen molar-refractivity contribution in [2.45, 2.75) is 32.2 Å². The van der Waals surface area contributed by atoms with E-state index in [2.05, 4.69) is 5.32 Å². The second kappa shape index (κ2) is 6.20. The zero-order valence-electron chi connectivity index (χ0n) is 11.8. The first-order valence-electron chi connectivity index (χ1n) is 6.84. The maximum atomic E-state index is 12.4. The number of nitrogens with one attached hydrogen (secondary N) is 1. The van der Waals surface area contributed by atoms with Crippen LogP contribution in [-0.2, 0) is 4.79 Å². The summed E-state index contributed by atoms with van der Waals surface area (Å²) in [4.78, 5) is 13.5. The number of anilines is 1. The number of thiophene rings is 1. The Balaban J connectivity index is 2.29. The number of carbonyl (C=O) groups is 1. The van der Waals surface area contributed by atoms with Crippen molar-refractivity contribution >= 4 is 22.9 Å². The van der Waals surface area contributed by atoms with Crippen molar-refractivity contribution in [1.82, 2.24) is 0 Å². The van der Waals surface area contributed by atoms with Gasteiger partial charge in [-0.1, -0.05) is 38.1 Å². The number of hydrogen-bond donors (Lipinski definition) is 2. The van der Waals surface area contributed by atoms with E-state index in [9.17, 15) is 4.79 Å². The van der Waals surface area contributed by atoms with Gasteiger partial charge in [-0.2, -0.15) is 0 Å². The van der Waals surface area contributed by atoms with Crippen molar-refractivity contribution < 1.29 is 4.79 Å². The summed E-state index contributed by atoms with van der Waals surface area (Å²) in [5, 5.41) is 5.01. The van der Waals surface area contributed by atoms with Crippen LogP contribution in [0.4, 0.5) is 5.69 Å². The van der Waals surface area contributed by atoms with Gasteiger partial charge in [-0.3, -0.25) is 4.79 Å². The average molecular weight is 288 g/mol. The Morgan fingerprint density at radius 3 is 2.50 bits per heavy atom. The van der Waals surface area contributed by atoms with E-state index in [4.69, 9.17) is 5.73 Å². The Bertz CT molecular complexity index is 574. The molecular weight excluding hydrogens is 268 g/mol. The summed E-state index contributed by atoms with van der Waals surface area (Å²) in [5.74, 6) is -0.119. The van der Waals surface area contributed by atoms with Gasteiger partial charge in [0.2, 0.25) is 5.91 Å². The molecule has 4 heteroatoms. The summed E-state index contributed by atoms with van der Waals surface area (Å²) < 4.78 is 0. The fraction of sp³-hybridized carbons (Fsp3) is 0.312. The quantitative estimate of drug-likeness (QED) is 0.877. The van der Waals surface area contributed by atoms with Crippen LogP contribution in [0.5, 0.6) is 0 Å². The molecule has 2 aromatic rings. The molecule has 0 aliphatic rings. The smallest absolute Gasteiger partial charge is 0.244 e. The number of para-hydroxylation sites is 1. The highest BCUT2D eigenvalue weighted by molar-refractivity contribution is 7.13. The van der Waals surface area contributed by atoms with Gasteiger partial charge in [0.1, 0.15) is 0 Å². The fourth-order valence-corrected chi connectivity index (χ4v) is 2.82. The van der Waals surface area contributed by atoms with Gasteiger partial charge in [0.25, 0.3) is 0 Å². The third kappa shape index (κ3) is 2.92. The maximum Gasteiger partial charge on any atom is 0.244 e. The molecule has 0 spiro atoms. The van der Waals surface area contributed by atoms with Crippen molar-refractivity contribution in [3.63, 3.8) is 0 Å². The van der Waals surface area contributed by atoms with E-state index in [1.54, 1.807) is 11.3 Å². The first-order chi connectivity index (χ1) is 9.60. The lowest BCUT2D eigenvalue weighted by atomic mass is 9.93. The van der Waals surface area contributed by atoms with Crippen molar-refractivity contribution in [3.05, 3.63) is 41.8 Å². The number of rotatable bonds is 5. The minimum Gasteiger partial charge on any atom is -0.324 e. The van der Waals surface area contributed by atoms with Gasteiger partial charge < -0.3 is 11.1 Å². The SMILES string of the molecule is CCC(N)(CC)C(=O)Nc1ccccc1-c1cccs1. The Labute approximate surface area is 123 Å². The molecule has 0 saturated heterocycles. The predicted molar refractivity (Wildman–Crippen MR) is 85.9 cm³/mol. The molecular formula is C16H20N2OS. The average Bonchev–Trinajstić information content (AvgIpc) is 3.01. The van der Waals surface area contributed by atoms with Gasteiger partial charge in [0.15, 0.2) is 0 Å². The molecule has 1 aromatic carbocycles. The normalized spacial score (nSPS) is 11.3. The number of nitrogens with two attached hydrogens (primary N) is 1. The molecule has 0 unspecified atom stereocenters. The first-order valence-corrected chi connectivity index (χ1v) is 7.72. The third-order valence-electron chi connectivity index (χ3n) is 3.68. The van der Waals surface area contributed by atoms with E-state index < -0.39 is 5.54 Å². The molecule has 1 aromatic heterocycles. The van der Waals surface area contributed by atoms with Crippen LogP contribution in [0, 0.1) is 0 Å². The van der Waals surface area contributed by atoms with E-state index in [1.165, 1.54) is 0 Å². The molecule has 1 heterocycles. The van der Waals surface area contributed by atoms with Gasteiger partial charge in [0.05, 0.1) is 5.54 Å². The Hall–Kier alpha value is -1.65. The van der Waals surface area contributed by atoms with Crippen LogP contribution < -0.4 is 11.1 Å². The van der Waals surface area contributed by atoms with Crippen molar-refractivity contribution in [3.8, 4) is 10.4 Å². The molecule has 3 N–H and O–H groups in total. The number of carbonyl (C=O) groups excluding carboxylic acids is 1. The summed E-state index contributed by atoms with van der Waals surface area (Å²) in [7, 11) is 0. The molecule has 0 atom stereocenters. The minimum atomic E-state index is -0.803. The first kappa shape index (κ1) is 14.8. The van der Waals surface area contributed by atoms with Crippen molar-refractivity contribution in [1.29, 1.82) is 0 Å². The predicted octanol–water partition coefficient (Wildman–Crippen LogP) is 3.87. The lowest BCUT2D eigenvalue weighted by molar-refractivity contribution is -0.121. The van der Waals surface area contributed by atoms with Gasteiger partial charge in [-0.05, 0) is 30.4 Å². The van der Waals surface area contributed by atoms with Crippen LogP contribution in [0.25, 0.3) is 10.4 Å². The molecule has 0 bridgehead atoms. The Morgan fingerprint density at radius 1 is 1.20 bits per heavy atom. The summed E-state index contributed by atoms with van der Waals surface area (Å²) in [6, 6.07) is 11.9. The van der Waals surface area contributed by atoms with E-state index in [0.717, 1.165) is 16.1 Å². The summed E-state index contributed by atoms with van der Waals surface area (Å²) in [6.45, 7) is 3.88. The van der Waals surface area contributed by atoms with Crippen molar-refractivity contribution in [2.75, 3.05) is 5.32 Å². The van der Waals surface area contributed by atoms with E-state index in [0.29, 0.717) is 12.8 Å². The molecule has 2 rings (SSSR count). The standard InChI is InChI=1S/C16H20N2OS/c1-3-16(17,4-2)15(19)18-13-9-6-5-8-12(13)14-10-7-11-20-14/h5-11H,3-4,17H2,1-2H3,(H,18,19). The zero-order chi connectivity index (χ0) is 14.6. The number of benzene rings is 1. The summed E-state index contributed by atoms with van der Waals surface area (Å²) >= 11 is 1.65. The maximum absolute atomic E-state index is 12.4. The lowest BCUT2D eigenvalue weighted by Gasteiger charge is -2.25. The van der Waals surface area contributed by atoms with Crippen molar-refractivity contribution in [2.24, 2.45) is 5.73 Å². The molecule has 20 heavy (non-hydrogen) atoms. The van der Waals surface area contributed by atoms with Crippen LogP contribution in [0.1, 0.15) is 26.7 Å². The lowest BCUT2D eigenvalue weighted by Crippen LogP contribution is -2.50. The molecule has 0 radical (unpaired) electrons. The fourth-order valence-electron chi connectivity index (χ4n) is 2.06.